The van der Waals surface area contributed by atoms with Crippen molar-refractivity contribution in [1.82, 2.24) is 20.9 Å². The highest BCUT2D eigenvalue weighted by molar-refractivity contribution is 5.94. The number of fused-ring (bicyclic) bond motifs is 1. The molecule has 0 aliphatic rings. The van der Waals surface area contributed by atoms with E-state index in [0.29, 0.717) is 0 Å². The van der Waals surface area contributed by atoms with Gasteiger partial charge in [0.15, 0.2) is 6.04 Å². The van der Waals surface area contributed by atoms with Gasteiger partial charge in [0.1, 0.15) is 12.1 Å². The van der Waals surface area contributed by atoms with Gasteiger partial charge in [0.25, 0.3) is 0 Å². The fraction of sp³-hybridized carbons (Fsp3) is 0.478. The van der Waals surface area contributed by atoms with Gasteiger partial charge in [0.05, 0.1) is 12.6 Å². The average Bonchev–Trinajstić information content (AvgIpc) is 3.18. The molecule has 0 saturated heterocycles. The third-order valence-electron chi connectivity index (χ3n) is 5.32. The Bertz CT molecular complexity index is 1020. The van der Waals surface area contributed by atoms with E-state index in [0.717, 1.165) is 16.5 Å². The van der Waals surface area contributed by atoms with Crippen LogP contribution in [0.4, 0.5) is 0 Å². The summed E-state index contributed by atoms with van der Waals surface area (Å²) < 4.78 is 0. The highest BCUT2D eigenvalue weighted by atomic mass is 16.4. The third kappa shape index (κ3) is 7.29. The number of aliphatic hydroxyl groups is 1. The first-order valence-electron chi connectivity index (χ1n) is 11.1. The molecule has 4 atom stereocenters. The maximum absolute atomic E-state index is 13.2. The van der Waals surface area contributed by atoms with E-state index in [1.54, 1.807) is 6.20 Å². The molecule has 0 aliphatic heterocycles. The molecule has 2 rings (SSSR count). The zero-order valence-corrected chi connectivity index (χ0v) is 19.5. The average molecular weight is 476 g/mol. The highest BCUT2D eigenvalue weighted by Gasteiger charge is 2.32. The Labute approximate surface area is 197 Å². The maximum Gasteiger partial charge on any atom is 0.328 e. The molecule has 2 aromatic rings. The summed E-state index contributed by atoms with van der Waals surface area (Å²) in [6, 6.07) is 3.87. The van der Waals surface area contributed by atoms with Gasteiger partial charge in [-0.05, 0) is 30.9 Å². The molecular formula is C23H33N5O6. The predicted molar refractivity (Wildman–Crippen MR) is 126 cm³/mol. The van der Waals surface area contributed by atoms with E-state index in [1.807, 2.05) is 38.1 Å². The van der Waals surface area contributed by atoms with Crippen LogP contribution in [-0.2, 0) is 25.6 Å². The van der Waals surface area contributed by atoms with Gasteiger partial charge < -0.3 is 36.9 Å². The summed E-state index contributed by atoms with van der Waals surface area (Å²) in [5.41, 5.74) is 7.08. The second kappa shape index (κ2) is 12.1. The minimum absolute atomic E-state index is 0.0171. The topological polar surface area (TPSA) is 187 Å². The largest absolute Gasteiger partial charge is 0.480 e. The van der Waals surface area contributed by atoms with Gasteiger partial charge in [-0.15, -0.1) is 0 Å². The Kier molecular flexibility index (Phi) is 9.58. The molecule has 0 spiro atoms. The highest BCUT2D eigenvalue weighted by Crippen LogP contribution is 2.19. The van der Waals surface area contributed by atoms with Crippen molar-refractivity contribution in [3.05, 3.63) is 36.0 Å². The Morgan fingerprint density at radius 3 is 2.24 bits per heavy atom. The lowest BCUT2D eigenvalue weighted by Gasteiger charge is -2.26. The van der Waals surface area contributed by atoms with E-state index in [2.05, 4.69) is 20.9 Å². The Balaban J connectivity index is 2.25. The Hall–Kier alpha value is -3.44. The number of aliphatic hydroxyl groups excluding tert-OH is 1. The summed E-state index contributed by atoms with van der Waals surface area (Å²) in [7, 11) is 0. The minimum Gasteiger partial charge on any atom is -0.480 e. The normalized spacial score (nSPS) is 14.8. The summed E-state index contributed by atoms with van der Waals surface area (Å²) in [6.07, 6.45) is 0.769. The second-order valence-electron chi connectivity index (χ2n) is 8.64. The van der Waals surface area contributed by atoms with Crippen LogP contribution in [0, 0.1) is 5.92 Å². The van der Waals surface area contributed by atoms with Gasteiger partial charge in [-0.1, -0.05) is 32.0 Å². The monoisotopic (exact) mass is 475 g/mol. The summed E-state index contributed by atoms with van der Waals surface area (Å²) in [4.78, 5) is 52.5. The van der Waals surface area contributed by atoms with Crippen LogP contribution in [0.1, 0.15) is 32.8 Å². The van der Waals surface area contributed by atoms with Crippen LogP contribution < -0.4 is 21.7 Å². The zero-order valence-electron chi connectivity index (χ0n) is 19.5. The van der Waals surface area contributed by atoms with Crippen LogP contribution >= 0.6 is 0 Å². The summed E-state index contributed by atoms with van der Waals surface area (Å²) in [5.74, 6) is -3.31. The third-order valence-corrected chi connectivity index (χ3v) is 5.32. The molecule has 1 heterocycles. The van der Waals surface area contributed by atoms with E-state index in [4.69, 9.17) is 5.73 Å². The van der Waals surface area contributed by atoms with Gasteiger partial charge >= 0.3 is 5.97 Å². The van der Waals surface area contributed by atoms with Crippen molar-refractivity contribution in [2.75, 3.05) is 6.54 Å². The molecule has 11 heteroatoms. The first-order valence-corrected chi connectivity index (χ1v) is 11.1. The number of hydrogen-bond acceptors (Lipinski definition) is 6. The van der Waals surface area contributed by atoms with E-state index >= 15 is 0 Å². The van der Waals surface area contributed by atoms with Crippen LogP contribution in [0.3, 0.4) is 0 Å². The molecule has 4 unspecified atom stereocenters. The van der Waals surface area contributed by atoms with Crippen LogP contribution in [0.2, 0.25) is 0 Å². The number of rotatable bonds is 12. The number of carbonyl (C=O) groups is 4. The second-order valence-corrected chi connectivity index (χ2v) is 8.64. The summed E-state index contributed by atoms with van der Waals surface area (Å²) in [5, 5.41) is 27.3. The molecule has 0 saturated carbocycles. The fourth-order valence-electron chi connectivity index (χ4n) is 3.60. The number of aliphatic carboxylic acids is 1. The van der Waals surface area contributed by atoms with Gasteiger partial charge in [-0.25, -0.2) is 4.79 Å². The number of carbonyl (C=O) groups excluding carboxylic acids is 3. The minimum atomic E-state index is -1.53. The van der Waals surface area contributed by atoms with Crippen molar-refractivity contribution in [3.63, 3.8) is 0 Å². The maximum atomic E-state index is 13.2. The van der Waals surface area contributed by atoms with E-state index in [-0.39, 0.29) is 25.3 Å². The molecule has 0 aliphatic carbocycles. The van der Waals surface area contributed by atoms with Crippen molar-refractivity contribution < 1.29 is 29.4 Å². The predicted octanol–water partition coefficient (Wildman–Crippen LogP) is -0.365. The van der Waals surface area contributed by atoms with Gasteiger partial charge in [-0.2, -0.15) is 0 Å². The standard InChI is InChI=1S/C23H33N5O6/c1-12(2)8-17(22(32)28-20(13(3)29)23(33)34)27-21(31)18(26-19(30)10-24)9-14-11-25-16-7-5-4-6-15(14)16/h4-7,11-13,17-18,20,25,29H,8-10,24H2,1-3H3,(H,26,30)(H,27,31)(H,28,32)(H,33,34). The number of nitrogens with two attached hydrogens (primary N) is 1. The Morgan fingerprint density at radius 1 is 1.00 bits per heavy atom. The van der Waals surface area contributed by atoms with Gasteiger partial charge in [0, 0.05) is 23.5 Å². The SMILES string of the molecule is CC(C)CC(NC(=O)C(Cc1c[nH]c2ccccc12)NC(=O)CN)C(=O)NC(C(=O)O)C(C)O. The zero-order chi connectivity index (χ0) is 25.4. The van der Waals surface area contributed by atoms with Gasteiger partial charge in [0.2, 0.25) is 17.7 Å². The van der Waals surface area contributed by atoms with E-state index in [9.17, 15) is 29.4 Å². The molecule has 186 valence electrons. The number of carboxylic acids is 1. The van der Waals surface area contributed by atoms with Crippen molar-refractivity contribution in [3.8, 4) is 0 Å². The number of aromatic nitrogens is 1. The van der Waals surface area contributed by atoms with Crippen LogP contribution in [0.15, 0.2) is 30.5 Å². The van der Waals surface area contributed by atoms with Crippen molar-refractivity contribution >= 4 is 34.6 Å². The number of amides is 3. The smallest absolute Gasteiger partial charge is 0.328 e. The Morgan fingerprint density at radius 2 is 1.65 bits per heavy atom. The van der Waals surface area contributed by atoms with Crippen molar-refractivity contribution in [1.29, 1.82) is 0 Å². The van der Waals surface area contributed by atoms with Crippen LogP contribution in [-0.4, -0.2) is 69.7 Å². The molecule has 3 amide bonds. The quantitative estimate of drug-likeness (QED) is 0.218. The molecule has 0 fully saturated rings. The number of para-hydroxylation sites is 1. The number of aromatic amines is 1. The molecule has 11 nitrogen and oxygen atoms in total. The molecular weight excluding hydrogens is 442 g/mol. The molecule has 1 aromatic heterocycles. The molecule has 1 aromatic carbocycles. The van der Waals surface area contributed by atoms with Crippen molar-refractivity contribution in [2.45, 2.75) is 57.8 Å². The number of H-pyrrole nitrogens is 1. The number of benzene rings is 1. The van der Waals surface area contributed by atoms with Gasteiger partial charge in [-0.3, -0.25) is 14.4 Å². The molecule has 0 radical (unpaired) electrons. The van der Waals surface area contributed by atoms with Crippen LogP contribution in [0.25, 0.3) is 10.9 Å². The number of carboxylic acid groups (broad SMARTS) is 1. The lowest BCUT2D eigenvalue weighted by molar-refractivity contribution is -0.145. The first-order chi connectivity index (χ1) is 16.0. The van der Waals surface area contributed by atoms with Crippen LogP contribution in [0.5, 0.6) is 0 Å². The summed E-state index contributed by atoms with van der Waals surface area (Å²) >= 11 is 0. The molecule has 0 bridgehead atoms. The lowest BCUT2D eigenvalue weighted by Crippen LogP contribution is -2.58. The number of nitrogens with one attached hydrogen (secondary N) is 4. The number of hydrogen-bond donors (Lipinski definition) is 7. The molecule has 8 N–H and O–H groups in total. The summed E-state index contributed by atoms with van der Waals surface area (Å²) in [6.45, 7) is 4.61. The van der Waals surface area contributed by atoms with E-state index < -0.39 is 47.9 Å². The fourth-order valence-corrected chi connectivity index (χ4v) is 3.60. The molecule has 34 heavy (non-hydrogen) atoms. The van der Waals surface area contributed by atoms with Crippen molar-refractivity contribution in [2.24, 2.45) is 11.7 Å². The van der Waals surface area contributed by atoms with E-state index in [1.165, 1.54) is 6.92 Å². The first kappa shape index (κ1) is 26.8. The lowest BCUT2D eigenvalue weighted by atomic mass is 10.00.